The molecule has 4 fully saturated rings. The first-order valence-electron chi connectivity index (χ1n) is 13.3. The summed E-state index contributed by atoms with van der Waals surface area (Å²) in [5.74, 6) is 0.210. The van der Waals surface area contributed by atoms with Gasteiger partial charge in [-0.25, -0.2) is 0 Å². The number of morpholine rings is 1. The molecule has 6 nitrogen and oxygen atoms in total. The maximum absolute atomic E-state index is 13.5. The van der Waals surface area contributed by atoms with Crippen LogP contribution in [0, 0.1) is 45.8 Å². The minimum absolute atomic E-state index is 0.0280. The lowest BCUT2D eigenvalue weighted by atomic mass is 9.43. The molecule has 3 unspecified atom stereocenters. The van der Waals surface area contributed by atoms with E-state index in [4.69, 9.17) is 21.1 Å². The summed E-state index contributed by atoms with van der Waals surface area (Å²) >= 11 is 6.09. The molecule has 0 spiro atoms. The standard InChI is InChI=1S/C28H40ClNO5/c1-16(2)23-8-20-9-26(14-31)22-7-6-17(3)21(22)10-27(20,28(23,26)25(32)33)15-35-24-12-30(11-18(4)29)19(5)13-34-24/h8,14,16-17,19-22,24H,4,6-7,9-13,15H2,1-3,5H3,(H,32,33)/t17-,19-,20?,21-,22-,24+,26?,27?,28+/m1/s1. The molecular formula is C28H40ClNO5. The summed E-state index contributed by atoms with van der Waals surface area (Å²) in [5.41, 5.74) is -1.77. The highest BCUT2D eigenvalue weighted by Crippen LogP contribution is 2.82. The van der Waals surface area contributed by atoms with Crippen molar-refractivity contribution in [2.75, 3.05) is 26.3 Å². The molecule has 9 atom stereocenters. The molecule has 1 aliphatic heterocycles. The maximum Gasteiger partial charge on any atom is 0.315 e. The number of carbonyl (C=O) groups is 2. The number of aliphatic carboxylic acids is 1. The summed E-state index contributed by atoms with van der Waals surface area (Å²) in [6, 6.07) is 0.197. The molecule has 35 heavy (non-hydrogen) atoms. The highest BCUT2D eigenvalue weighted by molar-refractivity contribution is 6.29. The first-order valence-corrected chi connectivity index (χ1v) is 13.6. The van der Waals surface area contributed by atoms with Crippen LogP contribution in [0.3, 0.4) is 0 Å². The van der Waals surface area contributed by atoms with Crippen molar-refractivity contribution in [3.05, 3.63) is 23.3 Å². The lowest BCUT2D eigenvalue weighted by molar-refractivity contribution is -0.227. The number of fused-ring (bicyclic) bond motifs is 2. The normalized spacial score (nSPS) is 46.5. The molecule has 0 amide bonds. The Morgan fingerprint density at radius 1 is 1.37 bits per heavy atom. The van der Waals surface area contributed by atoms with E-state index < -0.39 is 28.5 Å². The average Bonchev–Trinajstić information content (AvgIpc) is 3.36. The van der Waals surface area contributed by atoms with Crippen LogP contribution < -0.4 is 0 Å². The van der Waals surface area contributed by atoms with Crippen LogP contribution in [0.1, 0.15) is 53.4 Å². The minimum atomic E-state index is -1.21. The molecule has 1 N–H and O–H groups in total. The van der Waals surface area contributed by atoms with Crippen molar-refractivity contribution in [1.29, 1.82) is 0 Å². The van der Waals surface area contributed by atoms with Gasteiger partial charge < -0.3 is 19.4 Å². The van der Waals surface area contributed by atoms with Crippen molar-refractivity contribution in [3.8, 4) is 0 Å². The zero-order chi connectivity index (χ0) is 25.3. The summed E-state index contributed by atoms with van der Waals surface area (Å²) in [7, 11) is 0. The molecule has 0 aromatic rings. The monoisotopic (exact) mass is 505 g/mol. The number of hydrogen-bond acceptors (Lipinski definition) is 5. The van der Waals surface area contributed by atoms with Crippen molar-refractivity contribution in [2.45, 2.75) is 65.7 Å². The summed E-state index contributed by atoms with van der Waals surface area (Å²) in [5, 5.41) is 11.6. The van der Waals surface area contributed by atoms with E-state index in [1.165, 1.54) is 0 Å². The fourth-order valence-corrected chi connectivity index (χ4v) is 9.35. The summed E-state index contributed by atoms with van der Waals surface area (Å²) in [6.07, 6.45) is 6.23. The molecule has 3 saturated carbocycles. The van der Waals surface area contributed by atoms with Crippen molar-refractivity contribution >= 4 is 23.9 Å². The molecule has 0 radical (unpaired) electrons. The Morgan fingerprint density at radius 2 is 2.11 bits per heavy atom. The summed E-state index contributed by atoms with van der Waals surface area (Å²) in [4.78, 5) is 28.8. The van der Waals surface area contributed by atoms with E-state index in [1.807, 2.05) is 0 Å². The lowest BCUT2D eigenvalue weighted by Gasteiger charge is -2.58. The van der Waals surface area contributed by atoms with Crippen LogP contribution in [-0.4, -0.2) is 60.9 Å². The number of aldehydes is 1. The number of hydrogen-bond donors (Lipinski definition) is 1. The molecule has 5 aliphatic rings. The van der Waals surface area contributed by atoms with Crippen LogP contribution in [0.2, 0.25) is 0 Å². The molecule has 0 aromatic heterocycles. The Labute approximate surface area is 214 Å². The predicted octanol–water partition coefficient (Wildman–Crippen LogP) is 4.73. The van der Waals surface area contributed by atoms with Gasteiger partial charge in [0, 0.05) is 23.0 Å². The van der Waals surface area contributed by atoms with Crippen LogP contribution in [0.4, 0.5) is 0 Å². The Morgan fingerprint density at radius 3 is 2.74 bits per heavy atom. The molecule has 0 aromatic carbocycles. The van der Waals surface area contributed by atoms with Crippen LogP contribution in [-0.2, 0) is 19.1 Å². The topological polar surface area (TPSA) is 76.1 Å². The van der Waals surface area contributed by atoms with Gasteiger partial charge in [-0.3, -0.25) is 9.69 Å². The average molecular weight is 506 g/mol. The molecule has 7 heteroatoms. The Hall–Kier alpha value is -1.21. The molecule has 1 saturated heterocycles. The third-order valence-electron chi connectivity index (χ3n) is 10.6. The van der Waals surface area contributed by atoms with Crippen LogP contribution in [0.5, 0.6) is 0 Å². The van der Waals surface area contributed by atoms with E-state index in [9.17, 15) is 14.7 Å². The fourth-order valence-electron chi connectivity index (χ4n) is 9.19. The largest absolute Gasteiger partial charge is 0.481 e. The number of allylic oxidation sites excluding steroid dienone is 1. The zero-order valence-corrected chi connectivity index (χ0v) is 22.2. The van der Waals surface area contributed by atoms with E-state index in [0.29, 0.717) is 43.0 Å². The first-order chi connectivity index (χ1) is 16.5. The van der Waals surface area contributed by atoms with Gasteiger partial charge in [0.15, 0.2) is 6.29 Å². The fraction of sp³-hybridized carbons (Fsp3) is 0.786. The third-order valence-corrected chi connectivity index (χ3v) is 10.7. The number of carboxylic acid groups (broad SMARTS) is 1. The summed E-state index contributed by atoms with van der Waals surface area (Å²) < 4.78 is 12.6. The number of rotatable bonds is 8. The van der Waals surface area contributed by atoms with Crippen molar-refractivity contribution < 1.29 is 24.2 Å². The Kier molecular flexibility index (Phi) is 6.31. The second-order valence-electron chi connectivity index (χ2n) is 12.4. The van der Waals surface area contributed by atoms with E-state index in [0.717, 1.165) is 31.1 Å². The van der Waals surface area contributed by atoms with Gasteiger partial charge in [-0.2, -0.15) is 0 Å². The van der Waals surface area contributed by atoms with Crippen LogP contribution in [0.25, 0.3) is 0 Å². The summed E-state index contributed by atoms with van der Waals surface area (Å²) in [6.45, 7) is 14.3. The van der Waals surface area contributed by atoms with Gasteiger partial charge in [0.2, 0.25) is 0 Å². The van der Waals surface area contributed by atoms with Gasteiger partial charge in [-0.15, -0.1) is 0 Å². The molecular weight excluding hydrogens is 466 g/mol. The van der Waals surface area contributed by atoms with Gasteiger partial charge >= 0.3 is 5.97 Å². The van der Waals surface area contributed by atoms with E-state index >= 15 is 0 Å². The molecule has 4 aliphatic carbocycles. The van der Waals surface area contributed by atoms with E-state index in [2.05, 4.69) is 45.2 Å². The van der Waals surface area contributed by atoms with E-state index in [-0.39, 0.29) is 30.4 Å². The van der Waals surface area contributed by atoms with Gasteiger partial charge in [0.25, 0.3) is 0 Å². The highest BCUT2D eigenvalue weighted by Gasteiger charge is 2.84. The lowest BCUT2D eigenvalue weighted by Crippen LogP contribution is -2.64. The smallest absolute Gasteiger partial charge is 0.315 e. The van der Waals surface area contributed by atoms with Crippen molar-refractivity contribution in [1.82, 2.24) is 4.90 Å². The minimum Gasteiger partial charge on any atom is -0.481 e. The van der Waals surface area contributed by atoms with Crippen LogP contribution >= 0.6 is 11.6 Å². The number of nitrogens with zero attached hydrogens (tertiary/aromatic N) is 1. The van der Waals surface area contributed by atoms with Gasteiger partial charge in [0.1, 0.15) is 11.7 Å². The Bertz CT molecular complexity index is 950. The van der Waals surface area contributed by atoms with Crippen molar-refractivity contribution in [2.24, 2.45) is 45.8 Å². The molecule has 1 heterocycles. The SMILES string of the molecule is C=C(Cl)CN1C[C@H](OCC23C[C@@H]4[C@H](C)CC[C@H]4C4(C=O)CC2C=C(C(C)C)[C@@]34C(=O)O)OC[C@H]1C. The second kappa shape index (κ2) is 8.68. The molecule has 194 valence electrons. The van der Waals surface area contributed by atoms with Crippen LogP contribution in [0.15, 0.2) is 23.3 Å². The van der Waals surface area contributed by atoms with Gasteiger partial charge in [-0.1, -0.05) is 57.0 Å². The first kappa shape index (κ1) is 25.4. The van der Waals surface area contributed by atoms with Crippen molar-refractivity contribution in [3.63, 3.8) is 0 Å². The number of carboxylic acids is 1. The van der Waals surface area contributed by atoms with Gasteiger partial charge in [0.05, 0.1) is 25.2 Å². The van der Waals surface area contributed by atoms with Gasteiger partial charge in [-0.05, 0) is 55.8 Å². The maximum atomic E-state index is 13.5. The number of halogens is 1. The quantitative estimate of drug-likeness (QED) is 0.380. The predicted molar refractivity (Wildman–Crippen MR) is 134 cm³/mol. The number of ether oxygens (including phenoxy) is 2. The molecule has 5 rings (SSSR count). The second-order valence-corrected chi connectivity index (χ2v) is 12.9. The zero-order valence-electron chi connectivity index (χ0n) is 21.5. The Balaban J connectivity index is 1.52. The number of carbonyl (C=O) groups excluding carboxylic acids is 1. The molecule has 4 bridgehead atoms. The highest BCUT2D eigenvalue weighted by atomic mass is 35.5. The third kappa shape index (κ3) is 3.25. The van der Waals surface area contributed by atoms with E-state index in [1.54, 1.807) is 0 Å².